The van der Waals surface area contributed by atoms with Gasteiger partial charge in [-0.2, -0.15) is 0 Å². The van der Waals surface area contributed by atoms with Crippen molar-refractivity contribution in [1.82, 2.24) is 0 Å². The molecule has 0 bridgehead atoms. The molecule has 4 nitrogen and oxygen atoms in total. The highest BCUT2D eigenvalue weighted by molar-refractivity contribution is 5.48. The molecule has 19 heavy (non-hydrogen) atoms. The Labute approximate surface area is 110 Å². The van der Waals surface area contributed by atoms with E-state index in [2.05, 4.69) is 0 Å². The Kier molecular flexibility index (Phi) is 3.75. The van der Waals surface area contributed by atoms with E-state index in [1.807, 2.05) is 0 Å². The summed E-state index contributed by atoms with van der Waals surface area (Å²) in [6.45, 7) is 0. The monoisotopic (exact) mass is 263 g/mol. The van der Waals surface area contributed by atoms with Crippen molar-refractivity contribution in [3.8, 4) is 23.0 Å². The van der Waals surface area contributed by atoms with Crippen molar-refractivity contribution in [2.75, 3.05) is 20.0 Å². The number of hydrogen-bond donors (Lipinski definition) is 1. The second-order valence-corrected chi connectivity index (χ2v) is 3.87. The van der Waals surface area contributed by atoms with Crippen LogP contribution in [0.5, 0.6) is 23.0 Å². The van der Waals surface area contributed by atoms with E-state index < -0.39 is 5.82 Å². The third-order valence-corrected chi connectivity index (χ3v) is 2.45. The zero-order chi connectivity index (χ0) is 13.8. The number of ether oxygens (including phenoxy) is 3. The first-order valence-corrected chi connectivity index (χ1v) is 5.57. The summed E-state index contributed by atoms with van der Waals surface area (Å²) in [6.07, 6.45) is 0. The summed E-state index contributed by atoms with van der Waals surface area (Å²) in [5.74, 6) is 1.50. The summed E-state index contributed by atoms with van der Waals surface area (Å²) in [4.78, 5) is 0. The number of anilines is 1. The van der Waals surface area contributed by atoms with Gasteiger partial charge >= 0.3 is 0 Å². The Morgan fingerprint density at radius 1 is 0.789 bits per heavy atom. The van der Waals surface area contributed by atoms with Crippen molar-refractivity contribution in [3.05, 3.63) is 42.2 Å². The normalized spacial score (nSPS) is 10.1. The van der Waals surface area contributed by atoms with Crippen LogP contribution in [0.1, 0.15) is 0 Å². The molecule has 2 N–H and O–H groups in total. The van der Waals surface area contributed by atoms with Crippen molar-refractivity contribution < 1.29 is 18.6 Å². The van der Waals surface area contributed by atoms with E-state index in [9.17, 15) is 4.39 Å². The second kappa shape index (κ2) is 5.48. The Bertz CT molecular complexity index is 544. The SMILES string of the molecule is COc1cc(OC)cc(Oc2cc(N)cc(F)c2)c1. The van der Waals surface area contributed by atoms with Gasteiger partial charge in [-0.15, -0.1) is 0 Å². The highest BCUT2D eigenvalue weighted by Gasteiger charge is 2.06. The lowest BCUT2D eigenvalue weighted by Gasteiger charge is -2.10. The van der Waals surface area contributed by atoms with Gasteiger partial charge in [0.05, 0.1) is 14.2 Å². The van der Waals surface area contributed by atoms with Gasteiger partial charge in [0.2, 0.25) is 0 Å². The quantitative estimate of drug-likeness (QED) is 0.860. The van der Waals surface area contributed by atoms with Gasteiger partial charge in [-0.05, 0) is 6.07 Å². The first-order valence-electron chi connectivity index (χ1n) is 5.57. The van der Waals surface area contributed by atoms with Crippen molar-refractivity contribution in [2.24, 2.45) is 0 Å². The fraction of sp³-hybridized carbons (Fsp3) is 0.143. The van der Waals surface area contributed by atoms with Crippen LogP contribution in [0.4, 0.5) is 10.1 Å². The molecule has 0 aromatic heterocycles. The first-order chi connectivity index (χ1) is 9.10. The zero-order valence-electron chi connectivity index (χ0n) is 10.6. The first kappa shape index (κ1) is 13.0. The van der Waals surface area contributed by atoms with Crippen LogP contribution in [0, 0.1) is 5.82 Å². The maximum absolute atomic E-state index is 13.2. The third-order valence-electron chi connectivity index (χ3n) is 2.45. The average molecular weight is 263 g/mol. The number of halogens is 1. The van der Waals surface area contributed by atoms with Crippen LogP contribution in [0.25, 0.3) is 0 Å². The third kappa shape index (κ3) is 3.28. The van der Waals surface area contributed by atoms with Gasteiger partial charge < -0.3 is 19.9 Å². The van der Waals surface area contributed by atoms with Gasteiger partial charge in [-0.1, -0.05) is 0 Å². The van der Waals surface area contributed by atoms with E-state index >= 15 is 0 Å². The minimum atomic E-state index is -0.454. The van der Waals surface area contributed by atoms with E-state index in [0.717, 1.165) is 0 Å². The second-order valence-electron chi connectivity index (χ2n) is 3.87. The predicted octanol–water partition coefficient (Wildman–Crippen LogP) is 3.22. The number of rotatable bonds is 4. The molecule has 2 aromatic rings. The molecule has 0 radical (unpaired) electrons. The largest absolute Gasteiger partial charge is 0.496 e. The van der Waals surface area contributed by atoms with Crippen LogP contribution < -0.4 is 19.9 Å². The Balaban J connectivity index is 2.31. The number of methoxy groups -OCH3 is 2. The van der Waals surface area contributed by atoms with Gasteiger partial charge in [0.25, 0.3) is 0 Å². The molecule has 0 aliphatic rings. The Morgan fingerprint density at radius 3 is 1.84 bits per heavy atom. The van der Waals surface area contributed by atoms with Crippen LogP contribution in [0.3, 0.4) is 0 Å². The minimum Gasteiger partial charge on any atom is -0.496 e. The highest BCUT2D eigenvalue weighted by Crippen LogP contribution is 2.31. The molecule has 0 heterocycles. The molecule has 0 saturated heterocycles. The highest BCUT2D eigenvalue weighted by atomic mass is 19.1. The summed E-state index contributed by atoms with van der Waals surface area (Å²) in [7, 11) is 3.08. The fourth-order valence-corrected chi connectivity index (χ4v) is 1.62. The molecule has 0 saturated carbocycles. The Hall–Kier alpha value is -2.43. The lowest BCUT2D eigenvalue weighted by Crippen LogP contribution is -1.92. The molecule has 0 atom stereocenters. The molecule has 0 amide bonds. The van der Waals surface area contributed by atoms with Crippen molar-refractivity contribution >= 4 is 5.69 Å². The molecule has 0 aliphatic carbocycles. The summed E-state index contributed by atoms with van der Waals surface area (Å²) in [5.41, 5.74) is 5.85. The van der Waals surface area contributed by atoms with Crippen LogP contribution in [-0.2, 0) is 0 Å². The number of nitrogen functional groups attached to an aromatic ring is 1. The van der Waals surface area contributed by atoms with E-state index in [4.69, 9.17) is 19.9 Å². The van der Waals surface area contributed by atoms with E-state index in [-0.39, 0.29) is 0 Å². The molecule has 100 valence electrons. The van der Waals surface area contributed by atoms with Gasteiger partial charge in [0.1, 0.15) is 28.8 Å². The van der Waals surface area contributed by atoms with Crippen molar-refractivity contribution in [2.45, 2.75) is 0 Å². The van der Waals surface area contributed by atoms with Gasteiger partial charge in [-0.25, -0.2) is 4.39 Å². The van der Waals surface area contributed by atoms with E-state index in [0.29, 0.717) is 28.7 Å². The summed E-state index contributed by atoms with van der Waals surface area (Å²) in [6, 6.07) is 9.07. The summed E-state index contributed by atoms with van der Waals surface area (Å²) >= 11 is 0. The van der Waals surface area contributed by atoms with Crippen LogP contribution in [0.2, 0.25) is 0 Å². The topological polar surface area (TPSA) is 53.7 Å². The summed E-state index contributed by atoms with van der Waals surface area (Å²) in [5, 5.41) is 0. The molecular formula is C14H14FNO3. The molecule has 5 heteroatoms. The molecular weight excluding hydrogens is 249 g/mol. The predicted molar refractivity (Wildman–Crippen MR) is 70.4 cm³/mol. The van der Waals surface area contributed by atoms with Crippen LogP contribution in [-0.4, -0.2) is 14.2 Å². The lowest BCUT2D eigenvalue weighted by molar-refractivity contribution is 0.386. The molecule has 0 fully saturated rings. The van der Waals surface area contributed by atoms with Crippen LogP contribution in [0.15, 0.2) is 36.4 Å². The van der Waals surface area contributed by atoms with Gasteiger partial charge in [0.15, 0.2) is 0 Å². The maximum atomic E-state index is 13.2. The lowest BCUT2D eigenvalue weighted by atomic mass is 10.2. The zero-order valence-corrected chi connectivity index (χ0v) is 10.6. The fourth-order valence-electron chi connectivity index (χ4n) is 1.62. The molecule has 0 unspecified atom stereocenters. The van der Waals surface area contributed by atoms with Crippen molar-refractivity contribution in [1.29, 1.82) is 0 Å². The average Bonchev–Trinajstić information content (AvgIpc) is 2.37. The van der Waals surface area contributed by atoms with E-state index in [1.165, 1.54) is 18.2 Å². The minimum absolute atomic E-state index is 0.296. The number of benzene rings is 2. The standard InChI is InChI=1S/C14H14FNO3/c1-17-11-6-12(18-2)8-14(7-11)19-13-4-9(15)3-10(16)5-13/h3-8H,16H2,1-2H3. The smallest absolute Gasteiger partial charge is 0.134 e. The van der Waals surface area contributed by atoms with Gasteiger partial charge in [-0.3, -0.25) is 0 Å². The maximum Gasteiger partial charge on any atom is 0.134 e. The van der Waals surface area contributed by atoms with Crippen LogP contribution >= 0.6 is 0 Å². The van der Waals surface area contributed by atoms with E-state index in [1.54, 1.807) is 32.4 Å². The Morgan fingerprint density at radius 2 is 1.32 bits per heavy atom. The molecule has 0 aliphatic heterocycles. The van der Waals surface area contributed by atoms with Crippen molar-refractivity contribution in [3.63, 3.8) is 0 Å². The number of hydrogen-bond acceptors (Lipinski definition) is 4. The molecule has 2 rings (SSSR count). The summed E-state index contributed by atoms with van der Waals surface area (Å²) < 4.78 is 29.0. The van der Waals surface area contributed by atoms with Gasteiger partial charge in [0, 0.05) is 36.0 Å². The molecule has 0 spiro atoms. The molecule has 2 aromatic carbocycles. The number of nitrogens with two attached hydrogens (primary N) is 1.